The first kappa shape index (κ1) is 22.7. The fraction of sp³-hybridized carbons (Fsp3) is 0.368. The van der Waals surface area contributed by atoms with Gasteiger partial charge < -0.3 is 10.6 Å². The quantitative estimate of drug-likeness (QED) is 0.696. The minimum absolute atomic E-state index is 0.00789. The van der Waals surface area contributed by atoms with E-state index in [1.165, 1.54) is 10.4 Å². The molecule has 2 aromatic rings. The molecule has 2 N–H and O–H groups in total. The van der Waals surface area contributed by atoms with Gasteiger partial charge in [-0.15, -0.1) is 11.3 Å². The van der Waals surface area contributed by atoms with Crippen LogP contribution in [0.4, 0.5) is 9.39 Å². The van der Waals surface area contributed by atoms with Crippen molar-refractivity contribution in [3.63, 3.8) is 0 Å². The number of nitrogens with one attached hydrogen (secondary N) is 2. The van der Waals surface area contributed by atoms with Gasteiger partial charge in [0.2, 0.25) is 10.0 Å². The lowest BCUT2D eigenvalue weighted by Gasteiger charge is -2.31. The highest BCUT2D eigenvalue weighted by molar-refractivity contribution is 7.88. The maximum Gasteiger partial charge on any atom is 0.261 e. The third-order valence-electron chi connectivity index (χ3n) is 4.72. The first-order valence-corrected chi connectivity index (χ1v) is 12.2. The number of benzene rings is 1. The molecule has 1 atom stereocenters. The molecule has 0 saturated carbocycles. The van der Waals surface area contributed by atoms with Crippen LogP contribution >= 0.6 is 22.9 Å². The average molecular weight is 474 g/mol. The normalized spacial score (nSPS) is 17.5. The van der Waals surface area contributed by atoms with Gasteiger partial charge in [-0.1, -0.05) is 11.6 Å². The van der Waals surface area contributed by atoms with Gasteiger partial charge in [0, 0.05) is 19.1 Å². The number of amides is 2. The summed E-state index contributed by atoms with van der Waals surface area (Å²) in [6, 6.07) is 4.87. The van der Waals surface area contributed by atoms with Crippen molar-refractivity contribution < 1.29 is 22.4 Å². The molecule has 11 heteroatoms. The summed E-state index contributed by atoms with van der Waals surface area (Å²) in [5, 5.41) is 5.99. The molecule has 2 amide bonds. The van der Waals surface area contributed by atoms with Crippen molar-refractivity contribution in [2.75, 3.05) is 24.7 Å². The molecule has 162 valence electrons. The first-order chi connectivity index (χ1) is 14.0. The minimum atomic E-state index is -3.31. The molecule has 1 aliphatic heterocycles. The van der Waals surface area contributed by atoms with Crippen LogP contribution in [0.15, 0.2) is 24.3 Å². The second-order valence-electron chi connectivity index (χ2n) is 7.13. The van der Waals surface area contributed by atoms with E-state index in [0.717, 1.165) is 29.7 Å². The molecule has 0 aliphatic carbocycles. The summed E-state index contributed by atoms with van der Waals surface area (Å²) in [7, 11) is -3.31. The third kappa shape index (κ3) is 5.37. The van der Waals surface area contributed by atoms with Crippen LogP contribution in [-0.4, -0.2) is 49.9 Å². The van der Waals surface area contributed by atoms with Crippen LogP contribution in [0.5, 0.6) is 0 Å². The number of hydrogen-bond donors (Lipinski definition) is 2. The standard InChI is InChI=1S/C19H21ClFN3O4S2/c1-11-8-16(23-18(25)14-6-5-12(21)9-15(14)20)29-17(11)19(26)22-13-4-3-7-24(10-13)30(2,27)28/h5-6,8-9,13H,3-4,7,10H2,1-2H3,(H,22,26)(H,23,25). The van der Waals surface area contributed by atoms with E-state index in [2.05, 4.69) is 10.6 Å². The van der Waals surface area contributed by atoms with Gasteiger partial charge >= 0.3 is 0 Å². The Kier molecular flexibility index (Phi) is 6.81. The number of halogens is 2. The van der Waals surface area contributed by atoms with Gasteiger partial charge in [0.1, 0.15) is 5.82 Å². The van der Waals surface area contributed by atoms with E-state index in [1.54, 1.807) is 13.0 Å². The summed E-state index contributed by atoms with van der Waals surface area (Å²) < 4.78 is 38.0. The van der Waals surface area contributed by atoms with Crippen LogP contribution in [-0.2, 0) is 10.0 Å². The van der Waals surface area contributed by atoms with Gasteiger partial charge in [0.25, 0.3) is 11.8 Å². The molecular weight excluding hydrogens is 453 g/mol. The summed E-state index contributed by atoms with van der Waals surface area (Å²) in [5.74, 6) is -1.37. The third-order valence-corrected chi connectivity index (χ3v) is 7.46. The molecule has 0 spiro atoms. The maximum atomic E-state index is 13.2. The Hall–Kier alpha value is -2.01. The van der Waals surface area contributed by atoms with Gasteiger partial charge in [-0.3, -0.25) is 9.59 Å². The van der Waals surface area contributed by atoms with E-state index in [9.17, 15) is 22.4 Å². The van der Waals surface area contributed by atoms with Crippen LogP contribution < -0.4 is 10.6 Å². The van der Waals surface area contributed by atoms with E-state index in [0.29, 0.717) is 34.8 Å². The van der Waals surface area contributed by atoms with E-state index < -0.39 is 21.7 Å². The summed E-state index contributed by atoms with van der Waals surface area (Å²) >= 11 is 7.02. The zero-order valence-corrected chi connectivity index (χ0v) is 18.8. The van der Waals surface area contributed by atoms with Gasteiger partial charge in [0.15, 0.2) is 0 Å². The van der Waals surface area contributed by atoms with Crippen molar-refractivity contribution in [3.05, 3.63) is 51.1 Å². The predicted octanol–water partition coefficient (Wildman–Crippen LogP) is 3.26. The second kappa shape index (κ2) is 9.01. The molecule has 1 aromatic heterocycles. The number of piperidine rings is 1. The van der Waals surface area contributed by atoms with Crippen LogP contribution in [0.1, 0.15) is 38.4 Å². The topological polar surface area (TPSA) is 95.6 Å². The molecule has 1 unspecified atom stereocenters. The van der Waals surface area contributed by atoms with Crippen molar-refractivity contribution in [3.8, 4) is 0 Å². The molecule has 1 fully saturated rings. The first-order valence-electron chi connectivity index (χ1n) is 9.17. The number of hydrogen-bond acceptors (Lipinski definition) is 5. The Morgan fingerprint density at radius 3 is 2.67 bits per heavy atom. The van der Waals surface area contributed by atoms with E-state index in [-0.39, 0.29) is 29.1 Å². The molecule has 3 rings (SSSR count). The lowest BCUT2D eigenvalue weighted by molar-refractivity contribution is 0.0924. The predicted molar refractivity (Wildman–Crippen MR) is 115 cm³/mol. The fourth-order valence-electron chi connectivity index (χ4n) is 3.23. The molecule has 1 aliphatic rings. The van der Waals surface area contributed by atoms with Crippen LogP contribution in [0.25, 0.3) is 0 Å². The number of rotatable bonds is 5. The van der Waals surface area contributed by atoms with Crippen molar-refractivity contribution in [1.82, 2.24) is 9.62 Å². The monoisotopic (exact) mass is 473 g/mol. The van der Waals surface area contributed by atoms with Crippen molar-refractivity contribution >= 4 is 49.8 Å². The van der Waals surface area contributed by atoms with Crippen LogP contribution in [0.2, 0.25) is 5.02 Å². The number of aryl methyl sites for hydroxylation is 1. The summed E-state index contributed by atoms with van der Waals surface area (Å²) in [6.45, 7) is 2.43. The fourth-order valence-corrected chi connectivity index (χ4v) is 5.37. The van der Waals surface area contributed by atoms with Crippen molar-refractivity contribution in [2.24, 2.45) is 0 Å². The Labute approximate surface area is 183 Å². The SMILES string of the molecule is Cc1cc(NC(=O)c2ccc(F)cc2Cl)sc1C(=O)NC1CCCN(S(C)(=O)=O)C1. The summed E-state index contributed by atoms with van der Waals surface area (Å²) in [5.41, 5.74) is 0.798. The van der Waals surface area contributed by atoms with Gasteiger partial charge in [-0.25, -0.2) is 17.1 Å². The van der Waals surface area contributed by atoms with Crippen LogP contribution in [0, 0.1) is 12.7 Å². The molecule has 30 heavy (non-hydrogen) atoms. The Morgan fingerprint density at radius 2 is 2.00 bits per heavy atom. The second-order valence-corrected chi connectivity index (χ2v) is 10.6. The molecular formula is C19H21ClFN3O4S2. The van der Waals surface area contributed by atoms with E-state index in [4.69, 9.17) is 11.6 Å². The summed E-state index contributed by atoms with van der Waals surface area (Å²) in [6.07, 6.45) is 2.51. The molecule has 7 nitrogen and oxygen atoms in total. The molecule has 0 radical (unpaired) electrons. The Morgan fingerprint density at radius 1 is 1.27 bits per heavy atom. The Balaban J connectivity index is 1.68. The number of sulfonamides is 1. The summed E-state index contributed by atoms with van der Waals surface area (Å²) in [4.78, 5) is 25.5. The number of anilines is 1. The van der Waals surface area contributed by atoms with Gasteiger partial charge in [0.05, 0.1) is 26.7 Å². The van der Waals surface area contributed by atoms with E-state index >= 15 is 0 Å². The lowest BCUT2D eigenvalue weighted by atomic mass is 10.1. The smallest absolute Gasteiger partial charge is 0.261 e. The average Bonchev–Trinajstić information content (AvgIpc) is 3.01. The molecule has 2 heterocycles. The highest BCUT2D eigenvalue weighted by Gasteiger charge is 2.28. The highest BCUT2D eigenvalue weighted by Crippen LogP contribution is 2.28. The molecule has 1 saturated heterocycles. The van der Waals surface area contributed by atoms with E-state index in [1.807, 2.05) is 0 Å². The number of nitrogens with zero attached hydrogens (tertiary/aromatic N) is 1. The van der Waals surface area contributed by atoms with Crippen LogP contribution in [0.3, 0.4) is 0 Å². The Bertz CT molecular complexity index is 1090. The number of carbonyl (C=O) groups is 2. The lowest BCUT2D eigenvalue weighted by Crippen LogP contribution is -2.49. The van der Waals surface area contributed by atoms with Gasteiger partial charge in [-0.2, -0.15) is 0 Å². The number of carbonyl (C=O) groups excluding carboxylic acids is 2. The molecule has 0 bridgehead atoms. The van der Waals surface area contributed by atoms with Gasteiger partial charge in [-0.05, 0) is 49.6 Å². The largest absolute Gasteiger partial charge is 0.347 e. The van der Waals surface area contributed by atoms with Crippen molar-refractivity contribution in [2.45, 2.75) is 25.8 Å². The maximum absolute atomic E-state index is 13.2. The highest BCUT2D eigenvalue weighted by atomic mass is 35.5. The number of thiophene rings is 1. The molecule has 1 aromatic carbocycles. The zero-order chi connectivity index (χ0) is 22.1. The van der Waals surface area contributed by atoms with Crippen molar-refractivity contribution in [1.29, 1.82) is 0 Å². The zero-order valence-electron chi connectivity index (χ0n) is 16.4. The minimum Gasteiger partial charge on any atom is -0.347 e.